The zero-order chi connectivity index (χ0) is 39.2. The van der Waals surface area contributed by atoms with Gasteiger partial charge < -0.3 is 30.0 Å². The maximum absolute atomic E-state index is 14.2. The van der Waals surface area contributed by atoms with Crippen LogP contribution < -0.4 is 25.3 Å². The lowest BCUT2D eigenvalue weighted by atomic mass is 9.85. The van der Waals surface area contributed by atoms with E-state index in [1.165, 1.54) is 12.4 Å². The summed E-state index contributed by atoms with van der Waals surface area (Å²) in [6.45, 7) is 4.62. The summed E-state index contributed by atoms with van der Waals surface area (Å²) in [5.41, 5.74) is 3.70. The number of benzene rings is 1. The Labute approximate surface area is 323 Å². The summed E-state index contributed by atoms with van der Waals surface area (Å²) in [6, 6.07) is 7.52. The Balaban J connectivity index is 0.855. The van der Waals surface area contributed by atoms with Crippen LogP contribution in [-0.4, -0.2) is 104 Å². The van der Waals surface area contributed by atoms with Gasteiger partial charge in [0.25, 0.3) is 12.3 Å². The van der Waals surface area contributed by atoms with Crippen LogP contribution in [0, 0.1) is 5.92 Å². The summed E-state index contributed by atoms with van der Waals surface area (Å²) in [6.07, 6.45) is 7.42. The highest BCUT2D eigenvalue weighted by molar-refractivity contribution is 6.08. The van der Waals surface area contributed by atoms with Crippen molar-refractivity contribution in [3.63, 3.8) is 0 Å². The van der Waals surface area contributed by atoms with E-state index in [-0.39, 0.29) is 35.5 Å². The van der Waals surface area contributed by atoms with Crippen molar-refractivity contribution < 1.29 is 28.3 Å². The molecule has 1 saturated carbocycles. The van der Waals surface area contributed by atoms with Crippen LogP contribution in [0.4, 0.5) is 31.5 Å². The number of para-hydroxylation sites is 1. The normalized spacial score (nSPS) is 23.4. The molecular weight excluding hydrogens is 724 g/mol. The Bertz CT molecular complexity index is 2110. The molecular formula is C39H49F2N11O4. The number of aliphatic hydroxyl groups excluding tert-OH is 1. The molecule has 2 unspecified atom stereocenters. The molecule has 3 fully saturated rings. The predicted octanol–water partition coefficient (Wildman–Crippen LogP) is 4.35. The molecule has 2 atom stereocenters. The van der Waals surface area contributed by atoms with E-state index in [2.05, 4.69) is 48.7 Å². The van der Waals surface area contributed by atoms with Gasteiger partial charge in [-0.05, 0) is 82.5 Å². The van der Waals surface area contributed by atoms with Crippen LogP contribution in [-0.2, 0) is 16.0 Å². The first-order chi connectivity index (χ1) is 27.0. The highest BCUT2D eigenvalue weighted by Gasteiger charge is 2.43. The fourth-order valence-corrected chi connectivity index (χ4v) is 9.15. The van der Waals surface area contributed by atoms with Crippen molar-refractivity contribution in [2.24, 2.45) is 5.92 Å². The van der Waals surface area contributed by atoms with E-state index < -0.39 is 30.4 Å². The second kappa shape index (κ2) is 15.4. The SMILES string of the molecule is CCc1ccnc2c(C(=O)Nc3cn(C4CCC(CN(C)C5CCN(c6cccc7c6N(C)C(O)N7C6CCC(=O)NC6=O)CC5)CC4)nc3C(F)F)cnn12. The molecule has 8 rings (SSSR count). The molecule has 0 spiro atoms. The van der Waals surface area contributed by atoms with E-state index in [9.17, 15) is 28.3 Å². The number of alkyl halides is 2. The Morgan fingerprint density at radius 1 is 1.07 bits per heavy atom. The van der Waals surface area contributed by atoms with Gasteiger partial charge in [-0.3, -0.25) is 24.4 Å². The van der Waals surface area contributed by atoms with Crippen LogP contribution in [0.1, 0.15) is 92.5 Å². The second-order valence-corrected chi connectivity index (χ2v) is 15.6. The maximum atomic E-state index is 14.2. The van der Waals surface area contributed by atoms with Gasteiger partial charge in [-0.2, -0.15) is 10.2 Å². The summed E-state index contributed by atoms with van der Waals surface area (Å²) in [5, 5.41) is 24.9. The van der Waals surface area contributed by atoms with E-state index in [1.54, 1.807) is 25.2 Å². The molecule has 298 valence electrons. The lowest BCUT2D eigenvalue weighted by molar-refractivity contribution is -0.134. The number of rotatable bonds is 10. The van der Waals surface area contributed by atoms with Crippen molar-refractivity contribution in [2.45, 2.75) is 95.6 Å². The van der Waals surface area contributed by atoms with Crippen molar-refractivity contribution in [1.29, 1.82) is 0 Å². The minimum absolute atomic E-state index is 0.000818. The molecule has 15 nitrogen and oxygen atoms in total. The van der Waals surface area contributed by atoms with Crippen molar-refractivity contribution in [2.75, 3.05) is 53.7 Å². The van der Waals surface area contributed by atoms with E-state index >= 15 is 0 Å². The molecule has 6 heterocycles. The van der Waals surface area contributed by atoms with Crippen molar-refractivity contribution in [1.82, 2.24) is 34.6 Å². The number of nitrogens with zero attached hydrogens (tertiary/aromatic N) is 9. The fraction of sp³-hybridized carbons (Fsp3) is 0.538. The number of hydrogen-bond donors (Lipinski definition) is 3. The summed E-state index contributed by atoms with van der Waals surface area (Å²) in [4.78, 5) is 50.4. The minimum atomic E-state index is -2.85. The third kappa shape index (κ3) is 6.95. The van der Waals surface area contributed by atoms with Crippen LogP contribution >= 0.6 is 0 Å². The standard InChI is InChI=1S/C39H49F2N11O4/c1-4-24-14-17-42-36-27(20-43-52(24)36)37(54)44-28-22-50(46-33(28)35(40)41)26-10-8-23(9-11-26)21-47(2)25-15-18-49(19-16-25)29-6-5-7-30-34(29)48(3)39(56)51(30)31-12-13-32(53)45-38(31)55/h5-7,14,17,20,22-23,25-26,31,35,39,56H,4,8-13,15-16,18-19,21H2,1-3H3,(H,44,54)(H,45,53,55). The molecule has 4 aromatic rings. The van der Waals surface area contributed by atoms with Crippen molar-refractivity contribution >= 4 is 46.1 Å². The Morgan fingerprint density at radius 3 is 2.54 bits per heavy atom. The molecule has 0 bridgehead atoms. The lowest BCUT2D eigenvalue weighted by Gasteiger charge is -2.40. The number of carbonyl (C=O) groups excluding carboxylic acids is 3. The number of amides is 3. The summed E-state index contributed by atoms with van der Waals surface area (Å²) < 4.78 is 31.5. The first-order valence-electron chi connectivity index (χ1n) is 19.6. The predicted molar refractivity (Wildman–Crippen MR) is 206 cm³/mol. The number of aryl methyl sites for hydroxylation is 1. The third-order valence-corrected chi connectivity index (χ3v) is 12.2. The van der Waals surface area contributed by atoms with Gasteiger partial charge in [0.2, 0.25) is 18.2 Å². The molecule has 17 heteroatoms. The molecule has 1 aliphatic carbocycles. The van der Waals surface area contributed by atoms with Crippen LogP contribution in [0.5, 0.6) is 0 Å². The molecule has 1 aromatic carbocycles. The van der Waals surface area contributed by atoms with E-state index in [0.717, 1.165) is 80.9 Å². The second-order valence-electron chi connectivity index (χ2n) is 15.6. The number of aliphatic hydroxyl groups is 1. The zero-order valence-electron chi connectivity index (χ0n) is 31.9. The number of anilines is 4. The highest BCUT2D eigenvalue weighted by Crippen LogP contribution is 2.47. The van der Waals surface area contributed by atoms with E-state index in [1.807, 2.05) is 32.2 Å². The van der Waals surface area contributed by atoms with Crippen LogP contribution in [0.25, 0.3) is 5.65 Å². The molecule has 2 saturated heterocycles. The van der Waals surface area contributed by atoms with Gasteiger partial charge in [-0.15, -0.1) is 0 Å². The first kappa shape index (κ1) is 37.7. The first-order valence-corrected chi connectivity index (χ1v) is 19.6. The van der Waals surface area contributed by atoms with E-state index in [4.69, 9.17) is 0 Å². The fourth-order valence-electron chi connectivity index (χ4n) is 9.15. The molecule has 3 amide bonds. The number of halogens is 2. The lowest BCUT2D eigenvalue weighted by Crippen LogP contribution is -2.56. The number of aromatic nitrogens is 5. The van der Waals surface area contributed by atoms with Gasteiger partial charge in [0.15, 0.2) is 11.3 Å². The zero-order valence-corrected chi connectivity index (χ0v) is 31.9. The summed E-state index contributed by atoms with van der Waals surface area (Å²) >= 11 is 0. The monoisotopic (exact) mass is 773 g/mol. The average molecular weight is 774 g/mol. The number of imide groups is 1. The number of hydrogen-bond acceptors (Lipinski definition) is 11. The van der Waals surface area contributed by atoms with Gasteiger partial charge >= 0.3 is 0 Å². The maximum Gasteiger partial charge on any atom is 0.284 e. The Morgan fingerprint density at radius 2 is 1.82 bits per heavy atom. The Kier molecular flexibility index (Phi) is 10.4. The van der Waals surface area contributed by atoms with Crippen LogP contribution in [0.15, 0.2) is 42.9 Å². The van der Waals surface area contributed by atoms with E-state index in [0.29, 0.717) is 30.4 Å². The molecule has 3 aliphatic heterocycles. The minimum Gasteiger partial charge on any atom is -0.370 e. The molecule has 0 radical (unpaired) electrons. The van der Waals surface area contributed by atoms with Gasteiger partial charge in [0.05, 0.1) is 35.0 Å². The third-order valence-electron chi connectivity index (χ3n) is 12.2. The topological polar surface area (TPSA) is 156 Å². The number of piperidine rings is 2. The van der Waals surface area contributed by atoms with Crippen molar-refractivity contribution in [3.8, 4) is 0 Å². The van der Waals surface area contributed by atoms with Crippen molar-refractivity contribution in [3.05, 3.63) is 59.8 Å². The quantitative estimate of drug-likeness (QED) is 0.197. The van der Waals surface area contributed by atoms with Gasteiger partial charge in [-0.1, -0.05) is 13.0 Å². The number of carbonyl (C=O) groups is 3. The Hall–Kier alpha value is -5.16. The smallest absolute Gasteiger partial charge is 0.284 e. The van der Waals surface area contributed by atoms with Gasteiger partial charge in [0, 0.05) is 57.2 Å². The van der Waals surface area contributed by atoms with Crippen LogP contribution in [0.2, 0.25) is 0 Å². The summed E-state index contributed by atoms with van der Waals surface area (Å²) in [5.74, 6) is -0.758. The number of fused-ring (bicyclic) bond motifs is 2. The van der Waals surface area contributed by atoms with Gasteiger partial charge in [0.1, 0.15) is 11.6 Å². The number of nitrogens with one attached hydrogen (secondary N) is 2. The summed E-state index contributed by atoms with van der Waals surface area (Å²) in [7, 11) is 4.02. The van der Waals surface area contributed by atoms with Crippen LogP contribution in [0.3, 0.4) is 0 Å². The molecule has 56 heavy (non-hydrogen) atoms. The average Bonchev–Trinajstić information content (AvgIpc) is 3.90. The molecule has 3 N–H and O–H groups in total. The molecule has 3 aromatic heterocycles. The molecule has 4 aliphatic rings. The largest absolute Gasteiger partial charge is 0.370 e. The highest BCUT2D eigenvalue weighted by atomic mass is 19.3. The van der Waals surface area contributed by atoms with Gasteiger partial charge in [-0.25, -0.2) is 18.3 Å².